The lowest BCUT2D eigenvalue weighted by Crippen LogP contribution is -1.95. The molecule has 0 saturated heterocycles. The third kappa shape index (κ3) is 4.94. The van der Waals surface area contributed by atoms with Crippen LogP contribution in [0, 0.1) is 0 Å². The maximum atomic E-state index is 8.05. The standard InChI is InChI=1S/CH5O8P/c2-1-5-10(8-6-3)9-7-4/h2-4H,1H2. The van der Waals surface area contributed by atoms with E-state index in [4.69, 9.17) is 15.6 Å². The molecular weight excluding hydrogens is 171 g/mol. The molecule has 8 nitrogen and oxygen atoms in total. The molecule has 0 spiro atoms. The van der Waals surface area contributed by atoms with E-state index in [1.54, 1.807) is 0 Å². The second-order valence-corrected chi connectivity index (χ2v) is 1.78. The van der Waals surface area contributed by atoms with Crippen LogP contribution in [-0.4, -0.2) is 22.4 Å². The van der Waals surface area contributed by atoms with Gasteiger partial charge in [-0.3, -0.25) is 4.52 Å². The van der Waals surface area contributed by atoms with E-state index in [9.17, 15) is 0 Å². The lowest BCUT2D eigenvalue weighted by molar-refractivity contribution is -0.478. The van der Waals surface area contributed by atoms with Gasteiger partial charge in [-0.1, -0.05) is 10.1 Å². The number of rotatable bonds is 6. The Morgan fingerprint density at radius 2 is 1.60 bits per heavy atom. The highest BCUT2D eigenvalue weighted by Gasteiger charge is 2.14. The van der Waals surface area contributed by atoms with Gasteiger partial charge >= 0.3 is 8.60 Å². The van der Waals surface area contributed by atoms with Gasteiger partial charge in [-0.2, -0.15) is 0 Å². The van der Waals surface area contributed by atoms with Crippen LogP contribution in [0.1, 0.15) is 0 Å². The fourth-order valence-corrected chi connectivity index (χ4v) is 0.471. The number of aliphatic hydroxyl groups excluding tert-OH is 1. The van der Waals surface area contributed by atoms with E-state index in [2.05, 4.69) is 23.9 Å². The molecule has 0 aromatic rings. The Hall–Kier alpha value is 0.110. The number of hydrogen-bond donors (Lipinski definition) is 3. The van der Waals surface area contributed by atoms with E-state index < -0.39 is 15.4 Å². The zero-order chi connectivity index (χ0) is 7.82. The summed E-state index contributed by atoms with van der Waals surface area (Å²) in [6.45, 7) is -0.738. The van der Waals surface area contributed by atoms with Gasteiger partial charge in [0.25, 0.3) is 0 Å². The van der Waals surface area contributed by atoms with Crippen molar-refractivity contribution in [1.29, 1.82) is 0 Å². The van der Waals surface area contributed by atoms with Crippen molar-refractivity contribution in [2.24, 2.45) is 0 Å². The summed E-state index contributed by atoms with van der Waals surface area (Å²) in [5.74, 6) is 0. The first-order valence-corrected chi connectivity index (χ1v) is 2.95. The molecule has 0 aromatic heterocycles. The zero-order valence-electron chi connectivity index (χ0n) is 4.54. The van der Waals surface area contributed by atoms with Crippen LogP contribution in [0.25, 0.3) is 0 Å². The number of hydrogen-bond acceptors (Lipinski definition) is 8. The highest BCUT2D eigenvalue weighted by molar-refractivity contribution is 7.41. The minimum atomic E-state index is -2.26. The van der Waals surface area contributed by atoms with Crippen LogP contribution in [0.2, 0.25) is 0 Å². The molecule has 3 N–H and O–H groups in total. The first-order chi connectivity index (χ1) is 4.85. The van der Waals surface area contributed by atoms with Crippen molar-refractivity contribution >= 4 is 8.60 Å². The van der Waals surface area contributed by atoms with Gasteiger partial charge in [0.2, 0.25) is 0 Å². The molecule has 0 radical (unpaired) electrons. The fraction of sp³-hybridized carbons (Fsp3) is 1.00. The highest BCUT2D eigenvalue weighted by atomic mass is 31.2. The molecule has 0 heterocycles. The molecule has 9 heteroatoms. The predicted molar refractivity (Wildman–Crippen MR) is 24.7 cm³/mol. The summed E-state index contributed by atoms with van der Waals surface area (Å²) in [5.41, 5.74) is 0. The van der Waals surface area contributed by atoms with Crippen LogP contribution >= 0.6 is 8.60 Å². The van der Waals surface area contributed by atoms with E-state index in [0.29, 0.717) is 0 Å². The Balaban J connectivity index is 3.30. The lowest BCUT2D eigenvalue weighted by atomic mass is 11.6. The molecule has 0 bridgehead atoms. The highest BCUT2D eigenvalue weighted by Crippen LogP contribution is 2.38. The molecule has 0 saturated carbocycles. The summed E-state index contributed by atoms with van der Waals surface area (Å²) < 4.78 is 11.6. The topological polar surface area (TPSA) is 107 Å². The minimum Gasteiger partial charge on any atom is -0.370 e. The molecule has 0 fully saturated rings. The molecule has 0 amide bonds. The van der Waals surface area contributed by atoms with Gasteiger partial charge in [0, 0.05) is 0 Å². The summed E-state index contributed by atoms with van der Waals surface area (Å²) in [6, 6.07) is 0. The Labute approximate surface area is 56.2 Å². The average Bonchev–Trinajstić information content (AvgIpc) is 1.90. The van der Waals surface area contributed by atoms with E-state index in [-0.39, 0.29) is 0 Å². The second kappa shape index (κ2) is 7.22. The van der Waals surface area contributed by atoms with Gasteiger partial charge in [0.1, 0.15) is 0 Å². The quantitative estimate of drug-likeness (QED) is 0.225. The van der Waals surface area contributed by atoms with Crippen molar-refractivity contribution in [3.8, 4) is 0 Å². The zero-order valence-corrected chi connectivity index (χ0v) is 5.43. The van der Waals surface area contributed by atoms with Gasteiger partial charge in [-0.25, -0.2) is 10.5 Å². The maximum Gasteiger partial charge on any atom is 0.400 e. The van der Waals surface area contributed by atoms with E-state index in [1.807, 2.05) is 0 Å². The van der Waals surface area contributed by atoms with Gasteiger partial charge < -0.3 is 5.11 Å². The number of aliphatic hydroxyl groups is 1. The molecule has 0 aliphatic rings. The third-order valence-corrected chi connectivity index (χ3v) is 1.05. The summed E-state index contributed by atoms with van der Waals surface area (Å²) in [5, 5.41) is 29.4. The van der Waals surface area contributed by atoms with Crippen LogP contribution in [0.4, 0.5) is 0 Å². The lowest BCUT2D eigenvalue weighted by Gasteiger charge is -2.06. The van der Waals surface area contributed by atoms with Crippen molar-refractivity contribution in [1.82, 2.24) is 0 Å². The molecule has 10 heavy (non-hydrogen) atoms. The largest absolute Gasteiger partial charge is 0.400 e. The molecule has 0 aliphatic carbocycles. The monoisotopic (exact) mass is 176 g/mol. The van der Waals surface area contributed by atoms with Crippen molar-refractivity contribution < 1.29 is 39.6 Å². The van der Waals surface area contributed by atoms with Gasteiger partial charge in [-0.05, 0) is 0 Å². The van der Waals surface area contributed by atoms with Gasteiger partial charge in [-0.15, -0.1) is 9.35 Å². The smallest absolute Gasteiger partial charge is 0.370 e. The summed E-state index contributed by atoms with van der Waals surface area (Å²) >= 11 is 0. The third-order valence-electron chi connectivity index (χ3n) is 0.352. The Kier molecular flexibility index (Phi) is 7.30. The van der Waals surface area contributed by atoms with Crippen molar-refractivity contribution in [2.45, 2.75) is 0 Å². The first kappa shape index (κ1) is 10.1. The summed E-state index contributed by atoms with van der Waals surface area (Å²) in [7, 11) is -2.26. The van der Waals surface area contributed by atoms with Gasteiger partial charge in [0.05, 0.1) is 0 Å². The molecule has 0 atom stereocenters. The first-order valence-electron chi connectivity index (χ1n) is 1.85. The molecule has 62 valence electrons. The van der Waals surface area contributed by atoms with E-state index >= 15 is 0 Å². The van der Waals surface area contributed by atoms with E-state index in [1.165, 1.54) is 0 Å². The Morgan fingerprint density at radius 1 is 1.10 bits per heavy atom. The van der Waals surface area contributed by atoms with Crippen LogP contribution in [0.3, 0.4) is 0 Å². The second-order valence-electron chi connectivity index (χ2n) is 0.780. The normalized spacial score (nSPS) is 10.8. The van der Waals surface area contributed by atoms with Crippen LogP contribution in [0.15, 0.2) is 0 Å². The molecule has 0 unspecified atom stereocenters. The average molecular weight is 176 g/mol. The maximum absolute atomic E-state index is 8.05. The molecular formula is CH5O8P. The Bertz CT molecular complexity index is 52.0. The molecule has 0 rings (SSSR count). The van der Waals surface area contributed by atoms with Crippen molar-refractivity contribution in [2.75, 3.05) is 6.79 Å². The summed E-state index contributed by atoms with van der Waals surface area (Å²) in [6.07, 6.45) is 0. The van der Waals surface area contributed by atoms with Gasteiger partial charge in [0.15, 0.2) is 6.79 Å². The minimum absolute atomic E-state index is 0.738. The predicted octanol–water partition coefficient (Wildman–Crippen LogP) is 0.0221. The summed E-state index contributed by atoms with van der Waals surface area (Å²) in [4.78, 5) is 0. The molecule has 0 aliphatic heterocycles. The Morgan fingerprint density at radius 3 is 1.90 bits per heavy atom. The SMILES string of the molecule is OCOP(OOO)OOO. The van der Waals surface area contributed by atoms with Crippen molar-refractivity contribution in [3.05, 3.63) is 0 Å². The molecule has 0 aromatic carbocycles. The fourth-order valence-electron chi connectivity index (χ4n) is 0.157. The van der Waals surface area contributed by atoms with E-state index in [0.717, 1.165) is 0 Å². The van der Waals surface area contributed by atoms with Crippen molar-refractivity contribution in [3.63, 3.8) is 0 Å². The van der Waals surface area contributed by atoms with Crippen LogP contribution < -0.4 is 0 Å². The van der Waals surface area contributed by atoms with Crippen LogP contribution in [0.5, 0.6) is 0 Å². The van der Waals surface area contributed by atoms with Crippen LogP contribution in [-0.2, 0) is 23.9 Å².